The summed E-state index contributed by atoms with van der Waals surface area (Å²) in [7, 11) is 0. The highest BCUT2D eigenvalue weighted by atomic mass is 32.1. The molecule has 0 aliphatic rings. The predicted octanol–water partition coefficient (Wildman–Crippen LogP) is 2.66. The van der Waals surface area contributed by atoms with Gasteiger partial charge in [0.15, 0.2) is 0 Å². The van der Waals surface area contributed by atoms with Crippen LogP contribution in [0.4, 0.5) is 0 Å². The zero-order valence-corrected chi connectivity index (χ0v) is 11.7. The maximum Gasteiger partial charge on any atom is 0.0164 e. The molecule has 1 atom stereocenters. The van der Waals surface area contributed by atoms with Gasteiger partial charge in [-0.15, -0.1) is 11.3 Å². The van der Waals surface area contributed by atoms with Crippen LogP contribution in [0.25, 0.3) is 0 Å². The largest absolute Gasteiger partial charge is 0.313 e. The van der Waals surface area contributed by atoms with Crippen molar-refractivity contribution in [2.45, 2.75) is 45.7 Å². The number of hydrogen-bond donors (Lipinski definition) is 2. The first-order valence-corrected chi connectivity index (χ1v) is 6.86. The van der Waals surface area contributed by atoms with Gasteiger partial charge in [-0.05, 0) is 45.6 Å². The van der Waals surface area contributed by atoms with Gasteiger partial charge in [0, 0.05) is 29.5 Å². The van der Waals surface area contributed by atoms with Crippen LogP contribution in [-0.2, 0) is 6.42 Å². The molecule has 0 spiro atoms. The summed E-state index contributed by atoms with van der Waals surface area (Å²) in [6.07, 6.45) is 1.14. The second-order valence-corrected chi connectivity index (χ2v) is 6.35. The van der Waals surface area contributed by atoms with Gasteiger partial charge in [-0.1, -0.05) is 6.07 Å². The van der Waals surface area contributed by atoms with Gasteiger partial charge < -0.3 is 10.6 Å². The fraction of sp³-hybridized carbons (Fsp3) is 0.692. The van der Waals surface area contributed by atoms with E-state index in [2.05, 4.69) is 55.8 Å². The molecule has 92 valence electrons. The summed E-state index contributed by atoms with van der Waals surface area (Å²) in [5.41, 5.74) is 0.212. The SMILES string of the molecule is CC(CNC(C)(C)C)NCCc1cccs1. The van der Waals surface area contributed by atoms with Crippen molar-refractivity contribution in [2.75, 3.05) is 13.1 Å². The van der Waals surface area contributed by atoms with Crippen LogP contribution >= 0.6 is 11.3 Å². The molecule has 0 aliphatic heterocycles. The van der Waals surface area contributed by atoms with Gasteiger partial charge in [0.2, 0.25) is 0 Å². The fourth-order valence-electron chi connectivity index (χ4n) is 1.43. The molecule has 0 aromatic carbocycles. The summed E-state index contributed by atoms with van der Waals surface area (Å²) >= 11 is 1.84. The van der Waals surface area contributed by atoms with Gasteiger partial charge in [-0.25, -0.2) is 0 Å². The van der Waals surface area contributed by atoms with Crippen molar-refractivity contribution >= 4 is 11.3 Å². The Bertz CT molecular complexity index is 275. The van der Waals surface area contributed by atoms with Crippen LogP contribution in [0.1, 0.15) is 32.6 Å². The van der Waals surface area contributed by atoms with Gasteiger partial charge in [0.1, 0.15) is 0 Å². The van der Waals surface area contributed by atoms with Gasteiger partial charge in [0.25, 0.3) is 0 Å². The minimum atomic E-state index is 0.212. The first-order chi connectivity index (χ1) is 7.47. The maximum absolute atomic E-state index is 3.54. The van der Waals surface area contributed by atoms with E-state index in [4.69, 9.17) is 0 Å². The zero-order valence-electron chi connectivity index (χ0n) is 10.8. The van der Waals surface area contributed by atoms with E-state index in [-0.39, 0.29) is 5.54 Å². The average Bonchev–Trinajstić information content (AvgIpc) is 2.66. The minimum Gasteiger partial charge on any atom is -0.313 e. The summed E-state index contributed by atoms with van der Waals surface area (Å²) in [6.45, 7) is 10.9. The summed E-state index contributed by atoms with van der Waals surface area (Å²) < 4.78 is 0. The first kappa shape index (κ1) is 13.7. The Hall–Kier alpha value is -0.380. The van der Waals surface area contributed by atoms with Crippen LogP contribution in [0, 0.1) is 0 Å². The smallest absolute Gasteiger partial charge is 0.0164 e. The van der Waals surface area contributed by atoms with Crippen molar-refractivity contribution in [1.82, 2.24) is 10.6 Å². The minimum absolute atomic E-state index is 0.212. The number of thiophene rings is 1. The van der Waals surface area contributed by atoms with Crippen molar-refractivity contribution in [1.29, 1.82) is 0 Å². The Kier molecular flexibility index (Phi) is 5.46. The topological polar surface area (TPSA) is 24.1 Å². The van der Waals surface area contributed by atoms with Crippen molar-refractivity contribution in [3.63, 3.8) is 0 Å². The molecule has 1 aromatic rings. The standard InChI is InChI=1S/C13H24N2S/c1-11(10-15-13(2,3)4)14-8-7-12-6-5-9-16-12/h5-6,9,11,14-15H,7-8,10H2,1-4H3. The van der Waals surface area contributed by atoms with Crippen molar-refractivity contribution in [3.05, 3.63) is 22.4 Å². The van der Waals surface area contributed by atoms with Crippen molar-refractivity contribution < 1.29 is 0 Å². The highest BCUT2D eigenvalue weighted by Crippen LogP contribution is 2.08. The lowest BCUT2D eigenvalue weighted by Crippen LogP contribution is -2.44. The van der Waals surface area contributed by atoms with E-state index in [1.54, 1.807) is 0 Å². The molecule has 2 nitrogen and oxygen atoms in total. The Morgan fingerprint density at radius 3 is 2.69 bits per heavy atom. The number of nitrogens with one attached hydrogen (secondary N) is 2. The van der Waals surface area contributed by atoms with E-state index in [0.29, 0.717) is 6.04 Å². The second kappa shape index (κ2) is 6.38. The lowest BCUT2D eigenvalue weighted by atomic mass is 10.1. The van der Waals surface area contributed by atoms with Crippen LogP contribution < -0.4 is 10.6 Å². The third-order valence-electron chi connectivity index (χ3n) is 2.38. The molecule has 16 heavy (non-hydrogen) atoms. The number of hydrogen-bond acceptors (Lipinski definition) is 3. The average molecular weight is 240 g/mol. The molecular formula is C13H24N2S. The Morgan fingerprint density at radius 1 is 1.38 bits per heavy atom. The van der Waals surface area contributed by atoms with E-state index in [1.165, 1.54) is 4.88 Å². The van der Waals surface area contributed by atoms with E-state index >= 15 is 0 Å². The molecule has 0 saturated heterocycles. The first-order valence-electron chi connectivity index (χ1n) is 5.98. The Labute approximate surface area is 103 Å². The quantitative estimate of drug-likeness (QED) is 0.799. The monoisotopic (exact) mass is 240 g/mol. The third-order valence-corrected chi connectivity index (χ3v) is 3.32. The molecule has 0 radical (unpaired) electrons. The molecule has 0 fully saturated rings. The maximum atomic E-state index is 3.54. The van der Waals surface area contributed by atoms with Gasteiger partial charge in [-0.3, -0.25) is 0 Å². The van der Waals surface area contributed by atoms with E-state index in [9.17, 15) is 0 Å². The molecule has 0 saturated carbocycles. The normalized spacial score (nSPS) is 14.0. The van der Waals surface area contributed by atoms with Crippen LogP contribution in [0.2, 0.25) is 0 Å². The van der Waals surface area contributed by atoms with Crippen LogP contribution in [0.15, 0.2) is 17.5 Å². The lowest BCUT2D eigenvalue weighted by molar-refractivity contribution is 0.389. The molecule has 3 heteroatoms. The fourth-order valence-corrected chi connectivity index (χ4v) is 2.14. The van der Waals surface area contributed by atoms with E-state index in [1.807, 2.05) is 11.3 Å². The second-order valence-electron chi connectivity index (χ2n) is 5.32. The van der Waals surface area contributed by atoms with Gasteiger partial charge >= 0.3 is 0 Å². The highest BCUT2D eigenvalue weighted by Gasteiger charge is 2.10. The van der Waals surface area contributed by atoms with Crippen molar-refractivity contribution in [2.24, 2.45) is 0 Å². The summed E-state index contributed by atoms with van der Waals surface area (Å²) in [6, 6.07) is 4.84. The highest BCUT2D eigenvalue weighted by molar-refractivity contribution is 7.09. The van der Waals surface area contributed by atoms with E-state index in [0.717, 1.165) is 19.5 Å². The van der Waals surface area contributed by atoms with Crippen LogP contribution in [0.5, 0.6) is 0 Å². The van der Waals surface area contributed by atoms with Crippen molar-refractivity contribution in [3.8, 4) is 0 Å². The molecule has 2 N–H and O–H groups in total. The van der Waals surface area contributed by atoms with E-state index < -0.39 is 0 Å². The van der Waals surface area contributed by atoms with Crippen LogP contribution in [-0.4, -0.2) is 24.7 Å². The Morgan fingerprint density at radius 2 is 2.12 bits per heavy atom. The molecule has 1 aromatic heterocycles. The molecule has 1 rings (SSSR count). The molecule has 0 amide bonds. The summed E-state index contributed by atoms with van der Waals surface area (Å²) in [4.78, 5) is 1.46. The lowest BCUT2D eigenvalue weighted by Gasteiger charge is -2.24. The van der Waals surface area contributed by atoms with Crippen LogP contribution in [0.3, 0.4) is 0 Å². The number of rotatable bonds is 6. The predicted molar refractivity (Wildman–Crippen MR) is 73.2 cm³/mol. The zero-order chi connectivity index (χ0) is 12.0. The molecule has 0 bridgehead atoms. The third kappa shape index (κ3) is 6.26. The summed E-state index contributed by atoms with van der Waals surface area (Å²) in [5.74, 6) is 0. The van der Waals surface area contributed by atoms with Gasteiger partial charge in [-0.2, -0.15) is 0 Å². The van der Waals surface area contributed by atoms with Gasteiger partial charge in [0.05, 0.1) is 0 Å². The summed E-state index contributed by atoms with van der Waals surface area (Å²) in [5, 5.41) is 9.18. The molecule has 1 heterocycles. The molecule has 0 aliphatic carbocycles. The Balaban J connectivity index is 2.09. The molecular weight excluding hydrogens is 216 g/mol. The molecule has 1 unspecified atom stereocenters.